The lowest BCUT2D eigenvalue weighted by Gasteiger charge is -2.37. The molecule has 0 saturated carbocycles. The maximum absolute atomic E-state index is 12.2. The second kappa shape index (κ2) is 4.92. The summed E-state index contributed by atoms with van der Waals surface area (Å²) in [5.41, 5.74) is 1.65. The molecule has 0 amide bonds. The van der Waals surface area contributed by atoms with Gasteiger partial charge in [-0.3, -0.25) is 0 Å². The van der Waals surface area contributed by atoms with Crippen molar-refractivity contribution in [3.8, 4) is 5.75 Å². The zero-order valence-electron chi connectivity index (χ0n) is 13.2. The third-order valence-electron chi connectivity index (χ3n) is 4.30. The fourth-order valence-corrected chi connectivity index (χ4v) is 3.11. The fourth-order valence-electron chi connectivity index (χ4n) is 2.08. The van der Waals surface area contributed by atoms with Gasteiger partial charge in [0.1, 0.15) is 17.4 Å². The molecule has 110 valence electrons. The number of carbonyl (C=O) groups is 1. The molecular weight excluding hydrogens is 268 g/mol. The number of ether oxygens (including phenoxy) is 1. The van der Waals surface area contributed by atoms with Crippen LogP contribution in [0.15, 0.2) is 18.2 Å². The number of cyclic esters (lactones) is 1. The Kier molecular flexibility index (Phi) is 3.71. The topological polar surface area (TPSA) is 35.5 Å². The number of esters is 1. The van der Waals surface area contributed by atoms with Gasteiger partial charge in [-0.2, -0.15) is 0 Å². The zero-order valence-corrected chi connectivity index (χ0v) is 14.2. The predicted molar refractivity (Wildman–Crippen MR) is 82.8 cm³/mol. The Morgan fingerprint density at radius 1 is 1.30 bits per heavy atom. The van der Waals surface area contributed by atoms with Crippen molar-refractivity contribution in [1.29, 1.82) is 0 Å². The van der Waals surface area contributed by atoms with Gasteiger partial charge in [0.2, 0.25) is 0 Å². The van der Waals surface area contributed by atoms with Crippen LogP contribution in [-0.2, 0) is 11.2 Å². The lowest BCUT2D eigenvalue weighted by Crippen LogP contribution is -2.44. The Morgan fingerprint density at radius 2 is 1.95 bits per heavy atom. The molecule has 1 aromatic rings. The van der Waals surface area contributed by atoms with E-state index in [4.69, 9.17) is 9.16 Å². The molecule has 0 aromatic heterocycles. The molecule has 1 atom stereocenters. The predicted octanol–water partition coefficient (Wildman–Crippen LogP) is 4.17. The van der Waals surface area contributed by atoms with Crippen LogP contribution in [0.4, 0.5) is 0 Å². The molecule has 1 aliphatic heterocycles. The van der Waals surface area contributed by atoms with Crippen LogP contribution in [0.3, 0.4) is 0 Å². The molecule has 0 N–H and O–H groups in total. The van der Waals surface area contributed by atoms with Crippen LogP contribution in [0.2, 0.25) is 18.1 Å². The van der Waals surface area contributed by atoms with Gasteiger partial charge in [-0.05, 0) is 36.7 Å². The van der Waals surface area contributed by atoms with Crippen LogP contribution in [0.1, 0.15) is 43.6 Å². The van der Waals surface area contributed by atoms with Gasteiger partial charge in [-0.1, -0.05) is 32.9 Å². The minimum atomic E-state index is -1.96. The van der Waals surface area contributed by atoms with Crippen molar-refractivity contribution < 1.29 is 14.0 Å². The molecule has 1 unspecified atom stereocenters. The van der Waals surface area contributed by atoms with Gasteiger partial charge >= 0.3 is 5.97 Å². The second-order valence-electron chi connectivity index (χ2n) is 7.07. The minimum Gasteiger partial charge on any atom is -0.543 e. The summed E-state index contributed by atoms with van der Waals surface area (Å²) in [5.74, 6) is 0.430. The van der Waals surface area contributed by atoms with E-state index in [2.05, 4.69) is 33.9 Å². The van der Waals surface area contributed by atoms with Gasteiger partial charge in [0.15, 0.2) is 0 Å². The van der Waals surface area contributed by atoms with E-state index in [0.717, 1.165) is 12.0 Å². The highest BCUT2D eigenvalue weighted by atomic mass is 28.4. The Hall–Kier alpha value is -1.29. The average Bonchev–Trinajstić information content (AvgIpc) is 2.25. The average molecular weight is 292 g/mol. The van der Waals surface area contributed by atoms with Gasteiger partial charge < -0.3 is 9.16 Å². The second-order valence-corrected chi connectivity index (χ2v) is 11.8. The summed E-state index contributed by atoms with van der Waals surface area (Å²) in [4.78, 5) is 12.2. The Bertz CT molecular complexity index is 529. The van der Waals surface area contributed by atoms with Crippen LogP contribution >= 0.6 is 0 Å². The molecule has 0 fully saturated rings. The molecule has 20 heavy (non-hydrogen) atoms. The molecule has 0 spiro atoms. The summed E-state index contributed by atoms with van der Waals surface area (Å²) in [6.07, 6.45) is 0.702. The highest BCUT2D eigenvalue weighted by Gasteiger charge is 2.40. The summed E-state index contributed by atoms with van der Waals surface area (Å²) in [5, 5.41) is 0.0988. The van der Waals surface area contributed by atoms with Gasteiger partial charge in [0.25, 0.3) is 8.32 Å². The quantitative estimate of drug-likeness (QED) is 0.606. The van der Waals surface area contributed by atoms with Crippen LogP contribution < -0.4 is 4.43 Å². The summed E-state index contributed by atoms with van der Waals surface area (Å²) in [7, 11) is -1.96. The lowest BCUT2D eigenvalue weighted by atomic mass is 9.98. The molecule has 0 radical (unpaired) electrons. The smallest absolute Gasteiger partial charge is 0.342 e. The van der Waals surface area contributed by atoms with Gasteiger partial charge in [-0.15, -0.1) is 0 Å². The summed E-state index contributed by atoms with van der Waals surface area (Å²) in [6.45, 7) is 12.9. The lowest BCUT2D eigenvalue weighted by molar-refractivity contribution is 0.0298. The van der Waals surface area contributed by atoms with E-state index in [9.17, 15) is 4.79 Å². The van der Waals surface area contributed by atoms with E-state index < -0.39 is 8.32 Å². The molecule has 0 saturated heterocycles. The first kappa shape index (κ1) is 15.1. The normalized spacial score (nSPS) is 19.3. The third kappa shape index (κ3) is 2.75. The number of benzene rings is 1. The number of hydrogen-bond acceptors (Lipinski definition) is 3. The molecule has 1 aliphatic rings. The maximum atomic E-state index is 12.2. The Labute approximate surface area is 122 Å². The maximum Gasteiger partial charge on any atom is 0.342 e. The first-order valence-corrected chi connectivity index (χ1v) is 10.0. The van der Waals surface area contributed by atoms with Gasteiger partial charge in [0.05, 0.1) is 0 Å². The van der Waals surface area contributed by atoms with Crippen molar-refractivity contribution in [2.75, 3.05) is 0 Å². The Morgan fingerprint density at radius 3 is 2.55 bits per heavy atom. The molecule has 3 nitrogen and oxygen atoms in total. The van der Waals surface area contributed by atoms with Crippen molar-refractivity contribution in [2.24, 2.45) is 0 Å². The van der Waals surface area contributed by atoms with Crippen molar-refractivity contribution in [3.63, 3.8) is 0 Å². The highest BCUT2D eigenvalue weighted by Crippen LogP contribution is 2.39. The van der Waals surface area contributed by atoms with E-state index in [1.165, 1.54) is 0 Å². The van der Waals surface area contributed by atoms with E-state index in [1.807, 2.05) is 25.1 Å². The molecule has 0 aliphatic carbocycles. The number of carbonyl (C=O) groups excluding carboxylic acids is 1. The van der Waals surface area contributed by atoms with Crippen LogP contribution in [0.5, 0.6) is 5.75 Å². The number of hydrogen-bond donors (Lipinski definition) is 0. The molecule has 1 heterocycles. The molecule has 4 heteroatoms. The summed E-state index contributed by atoms with van der Waals surface area (Å²) in [6, 6.07) is 5.84. The minimum absolute atomic E-state index is 0.0573. The van der Waals surface area contributed by atoms with E-state index >= 15 is 0 Å². The number of rotatable bonds is 2. The van der Waals surface area contributed by atoms with Crippen LogP contribution in [0, 0.1) is 0 Å². The molecular formula is C16H24O3Si. The Balaban J connectivity index is 2.40. The zero-order chi connectivity index (χ0) is 15.1. The van der Waals surface area contributed by atoms with E-state index in [-0.39, 0.29) is 17.1 Å². The number of fused-ring (bicyclic) bond motifs is 1. The largest absolute Gasteiger partial charge is 0.543 e. The van der Waals surface area contributed by atoms with Crippen molar-refractivity contribution in [3.05, 3.63) is 29.3 Å². The van der Waals surface area contributed by atoms with Crippen LogP contribution in [0.25, 0.3) is 0 Å². The van der Waals surface area contributed by atoms with Crippen molar-refractivity contribution >= 4 is 14.3 Å². The first-order valence-electron chi connectivity index (χ1n) is 7.14. The molecule has 2 rings (SSSR count). The first-order chi connectivity index (χ1) is 9.12. The fraction of sp³-hybridized carbons (Fsp3) is 0.562. The van der Waals surface area contributed by atoms with E-state index in [1.54, 1.807) is 0 Å². The molecule has 0 bridgehead atoms. The van der Waals surface area contributed by atoms with E-state index in [0.29, 0.717) is 11.3 Å². The SMILES string of the molecule is CC1Cc2cccc(O[Si](C)(C)C(C)(C)C)c2C(=O)O1. The van der Waals surface area contributed by atoms with Crippen molar-refractivity contribution in [1.82, 2.24) is 0 Å². The van der Waals surface area contributed by atoms with Crippen molar-refractivity contribution in [2.45, 2.75) is 58.4 Å². The monoisotopic (exact) mass is 292 g/mol. The van der Waals surface area contributed by atoms with Gasteiger partial charge in [0, 0.05) is 6.42 Å². The molecule has 1 aromatic carbocycles. The highest BCUT2D eigenvalue weighted by molar-refractivity contribution is 6.74. The summed E-state index contributed by atoms with van der Waals surface area (Å²) < 4.78 is 11.7. The third-order valence-corrected chi connectivity index (χ3v) is 8.65. The standard InChI is InChI=1S/C16H24O3Si/c1-11-10-12-8-7-9-13(14(12)15(17)18-11)19-20(5,6)16(2,3)4/h7-9,11H,10H2,1-6H3. The van der Waals surface area contributed by atoms with Crippen LogP contribution in [-0.4, -0.2) is 20.4 Å². The van der Waals surface area contributed by atoms with Gasteiger partial charge in [-0.25, -0.2) is 4.79 Å². The summed E-state index contributed by atoms with van der Waals surface area (Å²) >= 11 is 0.